The largest absolute Gasteiger partial charge is 0.375 e. The van der Waals surface area contributed by atoms with Gasteiger partial charge >= 0.3 is 0 Å². The van der Waals surface area contributed by atoms with Crippen molar-refractivity contribution in [3.8, 4) is 0 Å². The number of hydrogen-bond donors (Lipinski definition) is 0. The van der Waals surface area contributed by atoms with Gasteiger partial charge in [-0.25, -0.2) is 8.78 Å². The highest BCUT2D eigenvalue weighted by atomic mass is 19.3. The van der Waals surface area contributed by atoms with Crippen LogP contribution in [0.25, 0.3) is 0 Å². The van der Waals surface area contributed by atoms with Gasteiger partial charge in [-0.2, -0.15) is 0 Å². The molecule has 1 aliphatic rings. The van der Waals surface area contributed by atoms with Crippen LogP contribution in [0.1, 0.15) is 12.8 Å². The van der Waals surface area contributed by atoms with Crippen molar-refractivity contribution in [1.82, 2.24) is 0 Å². The van der Waals surface area contributed by atoms with E-state index in [1.165, 1.54) is 5.92 Å². The van der Waals surface area contributed by atoms with Gasteiger partial charge in [0.05, 0.1) is 6.61 Å². The normalized spacial score (nSPS) is 19.0. The molecular formula is C6H9F2O. The quantitative estimate of drug-likeness (QED) is 0.569. The van der Waals surface area contributed by atoms with Gasteiger partial charge in [-0.3, -0.25) is 0 Å². The summed E-state index contributed by atoms with van der Waals surface area (Å²) in [6.07, 6.45) is -0.170. The number of hydrogen-bond acceptors (Lipinski definition) is 1. The van der Waals surface area contributed by atoms with E-state index in [4.69, 9.17) is 0 Å². The number of halogens is 2. The molecule has 0 aliphatic heterocycles. The third-order valence-electron chi connectivity index (χ3n) is 1.15. The summed E-state index contributed by atoms with van der Waals surface area (Å²) < 4.78 is 27.4. The highest BCUT2D eigenvalue weighted by Crippen LogP contribution is 2.31. The topological polar surface area (TPSA) is 9.23 Å². The zero-order chi connectivity index (χ0) is 6.69. The Labute approximate surface area is 53.0 Å². The molecule has 0 aromatic heterocycles. The van der Waals surface area contributed by atoms with Crippen molar-refractivity contribution in [2.24, 2.45) is 0 Å². The summed E-state index contributed by atoms with van der Waals surface area (Å²) in [7, 11) is 0. The van der Waals surface area contributed by atoms with Crippen molar-refractivity contribution < 1.29 is 13.5 Å². The van der Waals surface area contributed by atoms with E-state index in [1.54, 1.807) is 0 Å². The molecule has 1 nitrogen and oxygen atoms in total. The van der Waals surface area contributed by atoms with Gasteiger partial charge in [0, 0.05) is 5.92 Å². The van der Waals surface area contributed by atoms with Crippen LogP contribution in [0, 0.1) is 5.92 Å². The Morgan fingerprint density at radius 3 is 2.56 bits per heavy atom. The van der Waals surface area contributed by atoms with Crippen molar-refractivity contribution in [3.63, 3.8) is 0 Å². The maximum atomic E-state index is 11.4. The van der Waals surface area contributed by atoms with E-state index >= 15 is 0 Å². The highest BCUT2D eigenvalue weighted by Gasteiger charge is 2.22. The minimum Gasteiger partial charge on any atom is -0.375 e. The SMILES string of the molecule is FC(F)COC[C]1CC1. The summed E-state index contributed by atoms with van der Waals surface area (Å²) in [5.41, 5.74) is 0. The Kier molecular flexibility index (Phi) is 2.39. The molecule has 0 aromatic rings. The van der Waals surface area contributed by atoms with Crippen LogP contribution >= 0.6 is 0 Å². The molecule has 0 heterocycles. The first-order valence-corrected chi connectivity index (χ1v) is 2.98. The molecule has 0 amide bonds. The standard InChI is InChI=1S/C6H9F2O/c7-6(8)4-9-3-5-1-2-5/h6H,1-4H2. The molecule has 3 heteroatoms. The second kappa shape index (κ2) is 3.11. The molecule has 0 spiro atoms. The smallest absolute Gasteiger partial charge is 0.261 e. The Balaban J connectivity index is 1.81. The molecule has 9 heavy (non-hydrogen) atoms. The summed E-state index contributed by atoms with van der Waals surface area (Å²) in [5, 5.41) is 0. The second-order valence-electron chi connectivity index (χ2n) is 2.16. The summed E-state index contributed by atoms with van der Waals surface area (Å²) in [5.74, 6) is 1.26. The van der Waals surface area contributed by atoms with E-state index in [0.29, 0.717) is 6.61 Å². The van der Waals surface area contributed by atoms with E-state index in [9.17, 15) is 8.78 Å². The lowest BCUT2D eigenvalue weighted by Gasteiger charge is -1.99. The van der Waals surface area contributed by atoms with Crippen LogP contribution in [0.15, 0.2) is 0 Å². The van der Waals surface area contributed by atoms with Gasteiger partial charge in [0.2, 0.25) is 0 Å². The third kappa shape index (κ3) is 3.40. The molecule has 0 unspecified atom stereocenters. The van der Waals surface area contributed by atoms with Gasteiger partial charge in [0.15, 0.2) is 0 Å². The lowest BCUT2D eigenvalue weighted by atomic mass is 10.5. The molecule has 0 bridgehead atoms. The molecular weight excluding hydrogens is 126 g/mol. The number of alkyl halides is 2. The maximum Gasteiger partial charge on any atom is 0.261 e. The van der Waals surface area contributed by atoms with E-state index in [1.807, 2.05) is 0 Å². The number of ether oxygens (including phenoxy) is 1. The Hall–Kier alpha value is -0.180. The molecule has 1 aliphatic carbocycles. The monoisotopic (exact) mass is 135 g/mol. The first-order chi connectivity index (χ1) is 4.29. The molecule has 0 N–H and O–H groups in total. The van der Waals surface area contributed by atoms with Gasteiger partial charge < -0.3 is 4.74 Å². The lowest BCUT2D eigenvalue weighted by Crippen LogP contribution is -2.05. The van der Waals surface area contributed by atoms with E-state index in [-0.39, 0.29) is 0 Å². The van der Waals surface area contributed by atoms with Crippen molar-refractivity contribution in [2.75, 3.05) is 13.2 Å². The minimum atomic E-state index is -2.32. The summed E-state index contributed by atoms with van der Waals surface area (Å²) in [6.45, 7) is 0.0356. The molecule has 53 valence electrons. The van der Waals surface area contributed by atoms with Crippen molar-refractivity contribution in [1.29, 1.82) is 0 Å². The summed E-state index contributed by atoms with van der Waals surface area (Å²) in [4.78, 5) is 0. The molecule has 0 saturated heterocycles. The number of rotatable bonds is 4. The highest BCUT2D eigenvalue weighted by molar-refractivity contribution is 5.04. The fraction of sp³-hybridized carbons (Fsp3) is 0.833. The maximum absolute atomic E-state index is 11.4. The van der Waals surface area contributed by atoms with Crippen LogP contribution in [0.4, 0.5) is 8.78 Å². The van der Waals surface area contributed by atoms with Crippen LogP contribution in [-0.4, -0.2) is 19.6 Å². The predicted molar refractivity (Wildman–Crippen MR) is 29.3 cm³/mol. The predicted octanol–water partition coefficient (Wildman–Crippen LogP) is 1.64. The first-order valence-electron chi connectivity index (χ1n) is 2.98. The zero-order valence-corrected chi connectivity index (χ0v) is 5.07. The first kappa shape index (κ1) is 6.93. The summed E-state index contributed by atoms with van der Waals surface area (Å²) in [6, 6.07) is 0. The lowest BCUT2D eigenvalue weighted by molar-refractivity contribution is 0.0242. The molecule has 0 atom stereocenters. The van der Waals surface area contributed by atoms with Crippen LogP contribution in [0.5, 0.6) is 0 Å². The van der Waals surface area contributed by atoms with Crippen LogP contribution in [0.2, 0.25) is 0 Å². The molecule has 1 saturated carbocycles. The van der Waals surface area contributed by atoms with Gasteiger partial charge in [-0.1, -0.05) is 0 Å². The second-order valence-corrected chi connectivity index (χ2v) is 2.16. The molecule has 1 rings (SSSR count). The molecule has 0 aromatic carbocycles. The van der Waals surface area contributed by atoms with Crippen LogP contribution in [-0.2, 0) is 4.74 Å². The average molecular weight is 135 g/mol. The fourth-order valence-electron chi connectivity index (χ4n) is 0.525. The molecule has 1 fully saturated rings. The average Bonchev–Trinajstić information content (AvgIpc) is 2.48. The molecule has 1 radical (unpaired) electrons. The van der Waals surface area contributed by atoms with E-state index in [0.717, 1.165) is 12.8 Å². The zero-order valence-electron chi connectivity index (χ0n) is 5.07. The van der Waals surface area contributed by atoms with Gasteiger partial charge in [-0.05, 0) is 12.8 Å². The third-order valence-corrected chi connectivity index (χ3v) is 1.15. The Morgan fingerprint density at radius 2 is 2.11 bits per heavy atom. The van der Waals surface area contributed by atoms with Crippen molar-refractivity contribution >= 4 is 0 Å². The van der Waals surface area contributed by atoms with Gasteiger partial charge in [-0.15, -0.1) is 0 Å². The van der Waals surface area contributed by atoms with E-state index in [2.05, 4.69) is 4.74 Å². The Bertz CT molecular complexity index is 79.1. The van der Waals surface area contributed by atoms with Gasteiger partial charge in [0.25, 0.3) is 6.43 Å². The van der Waals surface area contributed by atoms with Crippen LogP contribution < -0.4 is 0 Å². The Morgan fingerprint density at radius 1 is 1.44 bits per heavy atom. The van der Waals surface area contributed by atoms with Gasteiger partial charge in [0.1, 0.15) is 6.61 Å². The van der Waals surface area contributed by atoms with Crippen molar-refractivity contribution in [3.05, 3.63) is 5.92 Å². The minimum absolute atomic E-state index is 0.413. The van der Waals surface area contributed by atoms with E-state index < -0.39 is 13.0 Å². The van der Waals surface area contributed by atoms with Crippen molar-refractivity contribution in [2.45, 2.75) is 19.3 Å². The summed E-state index contributed by atoms with van der Waals surface area (Å²) >= 11 is 0. The fourth-order valence-corrected chi connectivity index (χ4v) is 0.525. The van der Waals surface area contributed by atoms with Crippen LogP contribution in [0.3, 0.4) is 0 Å².